The molecule has 5 heteroatoms. The van der Waals surface area contributed by atoms with Gasteiger partial charge in [0.1, 0.15) is 11.5 Å². The second kappa shape index (κ2) is 7.17. The van der Waals surface area contributed by atoms with Gasteiger partial charge in [-0.05, 0) is 30.3 Å². The van der Waals surface area contributed by atoms with Crippen molar-refractivity contribution < 1.29 is 9.31 Å². The van der Waals surface area contributed by atoms with Crippen molar-refractivity contribution in [1.29, 1.82) is 0 Å². The Morgan fingerprint density at radius 1 is 0.688 bits per heavy atom. The number of nitrogens with zero attached hydrogens (tertiary/aromatic N) is 2. The molecule has 5 aromatic rings. The minimum atomic E-state index is -0.533. The average molecular weight is 414 g/mol. The van der Waals surface area contributed by atoms with Crippen molar-refractivity contribution >= 4 is 34.4 Å². The maximum atomic E-state index is 5.57. The first-order chi connectivity index (χ1) is 15.7. The van der Waals surface area contributed by atoms with E-state index in [1.165, 1.54) is 21.8 Å². The van der Waals surface area contributed by atoms with E-state index in [1.54, 1.807) is 6.20 Å². The molecule has 0 aliphatic carbocycles. The molecule has 3 heterocycles. The summed E-state index contributed by atoms with van der Waals surface area (Å²) in [5.41, 5.74) is 6.27. The van der Waals surface area contributed by atoms with Crippen LogP contribution in [0, 0.1) is 0 Å². The number of benzene rings is 3. The number of aromatic nitrogens is 2. The van der Waals surface area contributed by atoms with Crippen molar-refractivity contribution in [1.82, 2.24) is 9.55 Å². The molecular weight excluding hydrogens is 395 g/mol. The molecule has 1 saturated heterocycles. The summed E-state index contributed by atoms with van der Waals surface area (Å²) in [7, 11) is -0.533. The van der Waals surface area contributed by atoms with E-state index in [0.717, 1.165) is 22.4 Å². The van der Waals surface area contributed by atoms with Crippen molar-refractivity contribution in [2.75, 3.05) is 0 Å². The first-order valence-corrected chi connectivity index (χ1v) is 10.5. The van der Waals surface area contributed by atoms with Crippen molar-refractivity contribution in [2.45, 2.75) is 0 Å². The molecule has 0 bridgehead atoms. The molecule has 2 aromatic heterocycles. The van der Waals surface area contributed by atoms with Gasteiger partial charge in [-0.1, -0.05) is 67.8 Å². The van der Waals surface area contributed by atoms with Gasteiger partial charge in [0.25, 0.3) is 0 Å². The Hall–Kier alpha value is -4.25. The SMILES string of the molecule is C=C1OB(c2ccc(-c3ccc(-n4c5ccccc5c5ccccc54)cc3)nc2)OC1=C. The molecule has 152 valence electrons. The minimum Gasteiger partial charge on any atom is -0.520 e. The van der Waals surface area contributed by atoms with E-state index in [9.17, 15) is 0 Å². The third kappa shape index (κ3) is 2.90. The van der Waals surface area contributed by atoms with Gasteiger partial charge >= 0.3 is 7.12 Å². The number of pyridine rings is 1. The standard InChI is InChI=1S/C27H19BN2O2/c1-18-19(2)32-28(31-18)21-13-16-25(29-17-21)20-11-14-22(15-12-20)30-26-9-5-3-7-23(26)24-8-4-6-10-27(24)30/h3-17H,1-2H2. The average Bonchev–Trinajstić information content (AvgIpc) is 3.36. The van der Waals surface area contributed by atoms with E-state index in [4.69, 9.17) is 9.31 Å². The van der Waals surface area contributed by atoms with Crippen molar-refractivity contribution in [2.24, 2.45) is 0 Å². The number of fused-ring (bicyclic) bond motifs is 3. The molecule has 1 fully saturated rings. The molecule has 32 heavy (non-hydrogen) atoms. The lowest BCUT2D eigenvalue weighted by Crippen LogP contribution is -2.31. The van der Waals surface area contributed by atoms with Crippen LogP contribution in [0.3, 0.4) is 0 Å². The zero-order valence-electron chi connectivity index (χ0n) is 17.4. The maximum Gasteiger partial charge on any atom is 0.634 e. The Balaban J connectivity index is 1.35. The topological polar surface area (TPSA) is 36.3 Å². The largest absolute Gasteiger partial charge is 0.634 e. The summed E-state index contributed by atoms with van der Waals surface area (Å²) >= 11 is 0. The van der Waals surface area contributed by atoms with E-state index in [2.05, 4.69) is 95.5 Å². The van der Waals surface area contributed by atoms with Crippen molar-refractivity contribution in [3.05, 3.63) is 116 Å². The highest BCUT2D eigenvalue weighted by molar-refractivity contribution is 6.62. The molecule has 0 saturated carbocycles. The van der Waals surface area contributed by atoms with Crippen LogP contribution in [-0.4, -0.2) is 16.7 Å². The van der Waals surface area contributed by atoms with Gasteiger partial charge in [0.05, 0.1) is 16.7 Å². The smallest absolute Gasteiger partial charge is 0.520 e. The summed E-state index contributed by atoms with van der Waals surface area (Å²) in [5, 5.41) is 2.51. The molecule has 0 N–H and O–H groups in total. The molecule has 1 aliphatic heterocycles. The Kier molecular flexibility index (Phi) is 4.15. The highest BCUT2D eigenvalue weighted by atomic mass is 16.6. The van der Waals surface area contributed by atoms with Crippen LogP contribution in [0.25, 0.3) is 38.8 Å². The normalized spacial score (nSPS) is 13.6. The third-order valence-electron chi connectivity index (χ3n) is 5.87. The van der Waals surface area contributed by atoms with Gasteiger partial charge in [0.2, 0.25) is 0 Å². The van der Waals surface area contributed by atoms with Gasteiger partial charge in [-0.3, -0.25) is 4.98 Å². The molecule has 6 rings (SSSR count). The summed E-state index contributed by atoms with van der Waals surface area (Å²) in [6.45, 7) is 7.55. The van der Waals surface area contributed by atoms with Crippen molar-refractivity contribution in [3.8, 4) is 16.9 Å². The van der Waals surface area contributed by atoms with Crippen LogP contribution >= 0.6 is 0 Å². The van der Waals surface area contributed by atoms with Crippen LogP contribution < -0.4 is 5.46 Å². The van der Waals surface area contributed by atoms with Gasteiger partial charge in [0, 0.05) is 33.7 Å². The Labute approximate surface area is 186 Å². The van der Waals surface area contributed by atoms with Crippen LogP contribution in [0.2, 0.25) is 0 Å². The number of hydrogen-bond donors (Lipinski definition) is 0. The lowest BCUT2D eigenvalue weighted by Gasteiger charge is -2.09. The number of para-hydroxylation sites is 2. The first kappa shape index (κ1) is 18.5. The third-order valence-corrected chi connectivity index (χ3v) is 5.87. The van der Waals surface area contributed by atoms with E-state index >= 15 is 0 Å². The lowest BCUT2D eigenvalue weighted by molar-refractivity contribution is 0.431. The van der Waals surface area contributed by atoms with E-state index in [0.29, 0.717) is 11.5 Å². The maximum absolute atomic E-state index is 5.57. The van der Waals surface area contributed by atoms with Crippen LogP contribution in [0.5, 0.6) is 0 Å². The van der Waals surface area contributed by atoms with Crippen LogP contribution in [0.15, 0.2) is 116 Å². The van der Waals surface area contributed by atoms with Gasteiger partial charge in [0.15, 0.2) is 0 Å². The van der Waals surface area contributed by atoms with Gasteiger partial charge in [-0.25, -0.2) is 0 Å². The zero-order valence-corrected chi connectivity index (χ0v) is 17.4. The minimum absolute atomic E-state index is 0.458. The Bertz CT molecular complexity index is 1430. The summed E-state index contributed by atoms with van der Waals surface area (Å²) in [5.74, 6) is 0.916. The van der Waals surface area contributed by atoms with Crippen molar-refractivity contribution in [3.63, 3.8) is 0 Å². The predicted octanol–water partition coefficient (Wildman–Crippen LogP) is 5.62. The Morgan fingerprint density at radius 3 is 1.84 bits per heavy atom. The molecule has 0 atom stereocenters. The van der Waals surface area contributed by atoms with E-state index in [-0.39, 0.29) is 0 Å². The second-order valence-corrected chi connectivity index (χ2v) is 7.81. The highest BCUT2D eigenvalue weighted by Crippen LogP contribution is 2.32. The molecule has 0 unspecified atom stereocenters. The van der Waals surface area contributed by atoms with E-state index < -0.39 is 7.12 Å². The quantitative estimate of drug-likeness (QED) is 0.360. The van der Waals surface area contributed by atoms with Crippen LogP contribution in [0.4, 0.5) is 0 Å². The fraction of sp³-hybridized carbons (Fsp3) is 0. The highest BCUT2D eigenvalue weighted by Gasteiger charge is 2.34. The lowest BCUT2D eigenvalue weighted by atomic mass is 9.80. The summed E-state index contributed by atoms with van der Waals surface area (Å²) in [6, 6.07) is 29.5. The summed E-state index contributed by atoms with van der Waals surface area (Å²) < 4.78 is 13.5. The first-order valence-electron chi connectivity index (χ1n) is 10.5. The monoisotopic (exact) mass is 414 g/mol. The van der Waals surface area contributed by atoms with Gasteiger partial charge in [-0.15, -0.1) is 0 Å². The molecular formula is C27H19BN2O2. The van der Waals surface area contributed by atoms with Gasteiger partial charge in [-0.2, -0.15) is 0 Å². The summed E-state index contributed by atoms with van der Waals surface area (Å²) in [6.07, 6.45) is 1.77. The van der Waals surface area contributed by atoms with Crippen LogP contribution in [0.1, 0.15) is 0 Å². The fourth-order valence-electron chi connectivity index (χ4n) is 4.25. The molecule has 0 spiro atoms. The Morgan fingerprint density at radius 2 is 1.28 bits per heavy atom. The summed E-state index contributed by atoms with van der Waals surface area (Å²) in [4.78, 5) is 4.61. The molecule has 0 radical (unpaired) electrons. The number of rotatable bonds is 3. The molecule has 0 amide bonds. The molecule has 1 aliphatic rings. The van der Waals surface area contributed by atoms with Crippen LogP contribution in [-0.2, 0) is 9.31 Å². The number of hydrogen-bond acceptors (Lipinski definition) is 3. The van der Waals surface area contributed by atoms with Gasteiger partial charge < -0.3 is 13.9 Å². The predicted molar refractivity (Wildman–Crippen MR) is 130 cm³/mol. The zero-order chi connectivity index (χ0) is 21.7. The molecule has 3 aromatic carbocycles. The van der Waals surface area contributed by atoms with E-state index in [1.807, 2.05) is 12.1 Å². The molecule has 4 nitrogen and oxygen atoms in total. The second-order valence-electron chi connectivity index (χ2n) is 7.81. The fourth-order valence-corrected chi connectivity index (χ4v) is 4.25.